The first-order valence-corrected chi connectivity index (χ1v) is 5.49. The first-order chi connectivity index (χ1) is 7.69. The molecule has 1 aromatic rings. The lowest BCUT2D eigenvalue weighted by molar-refractivity contribution is -0.119. The standard InChI is InChI=1S/C13H16N2O/c1-3-6-10(2)13(16)15-12-8-5-4-7-11(12)9-14/h4-5,7-8,10H,3,6H2,1-2H3,(H,15,16)/t10-/m1/s1. The number of nitrogens with zero attached hydrogens (tertiary/aromatic N) is 1. The predicted molar refractivity (Wildman–Crippen MR) is 63.9 cm³/mol. The molecular weight excluding hydrogens is 200 g/mol. The summed E-state index contributed by atoms with van der Waals surface area (Å²) in [5.74, 6) is -0.0405. The van der Waals surface area contributed by atoms with Gasteiger partial charge in [-0.2, -0.15) is 5.26 Å². The molecule has 3 heteroatoms. The molecule has 3 nitrogen and oxygen atoms in total. The van der Waals surface area contributed by atoms with E-state index >= 15 is 0 Å². The summed E-state index contributed by atoms with van der Waals surface area (Å²) in [6.45, 7) is 3.95. The van der Waals surface area contributed by atoms with Crippen LogP contribution in [0.3, 0.4) is 0 Å². The number of hydrogen-bond donors (Lipinski definition) is 1. The van der Waals surface area contributed by atoms with E-state index in [0.29, 0.717) is 11.3 Å². The third-order valence-electron chi connectivity index (χ3n) is 2.47. The Kier molecular flexibility index (Phi) is 4.53. The zero-order chi connectivity index (χ0) is 12.0. The second-order valence-corrected chi connectivity index (χ2v) is 3.84. The highest BCUT2D eigenvalue weighted by atomic mass is 16.1. The maximum atomic E-state index is 11.7. The van der Waals surface area contributed by atoms with E-state index in [9.17, 15) is 4.79 Å². The lowest BCUT2D eigenvalue weighted by Gasteiger charge is -2.11. The van der Waals surface area contributed by atoms with Crippen molar-refractivity contribution in [3.05, 3.63) is 29.8 Å². The van der Waals surface area contributed by atoms with Crippen LogP contribution in [-0.4, -0.2) is 5.91 Å². The summed E-state index contributed by atoms with van der Waals surface area (Å²) in [7, 11) is 0. The minimum atomic E-state index is -0.0236. The van der Waals surface area contributed by atoms with Gasteiger partial charge < -0.3 is 5.32 Å². The van der Waals surface area contributed by atoms with Crippen LogP contribution >= 0.6 is 0 Å². The molecule has 0 unspecified atom stereocenters. The first kappa shape index (κ1) is 12.3. The van der Waals surface area contributed by atoms with Crippen LogP contribution in [0.5, 0.6) is 0 Å². The van der Waals surface area contributed by atoms with Gasteiger partial charge in [0.2, 0.25) is 5.91 Å². The van der Waals surface area contributed by atoms with E-state index in [2.05, 4.69) is 11.4 Å². The van der Waals surface area contributed by atoms with E-state index in [1.54, 1.807) is 24.3 Å². The molecule has 0 bridgehead atoms. The van der Waals surface area contributed by atoms with Crippen LogP contribution in [0.2, 0.25) is 0 Å². The smallest absolute Gasteiger partial charge is 0.227 e. The van der Waals surface area contributed by atoms with Crippen LogP contribution in [-0.2, 0) is 4.79 Å². The van der Waals surface area contributed by atoms with Gasteiger partial charge in [0.1, 0.15) is 6.07 Å². The summed E-state index contributed by atoms with van der Waals surface area (Å²) < 4.78 is 0. The van der Waals surface area contributed by atoms with Crippen LogP contribution in [0.15, 0.2) is 24.3 Å². The molecule has 0 saturated carbocycles. The first-order valence-electron chi connectivity index (χ1n) is 5.49. The highest BCUT2D eigenvalue weighted by Gasteiger charge is 2.13. The zero-order valence-corrected chi connectivity index (χ0v) is 9.66. The Balaban J connectivity index is 2.74. The maximum Gasteiger partial charge on any atom is 0.227 e. The maximum absolute atomic E-state index is 11.7. The van der Waals surface area contributed by atoms with Crippen LogP contribution < -0.4 is 5.32 Å². The van der Waals surface area contributed by atoms with Crippen LogP contribution in [0.1, 0.15) is 32.3 Å². The summed E-state index contributed by atoms with van der Waals surface area (Å²) in [5.41, 5.74) is 1.09. The highest BCUT2D eigenvalue weighted by molar-refractivity contribution is 5.93. The van der Waals surface area contributed by atoms with Crippen LogP contribution in [0.4, 0.5) is 5.69 Å². The van der Waals surface area contributed by atoms with Crippen molar-refractivity contribution in [1.82, 2.24) is 0 Å². The summed E-state index contributed by atoms with van der Waals surface area (Å²) in [5, 5.41) is 11.7. The lowest BCUT2D eigenvalue weighted by Crippen LogP contribution is -2.20. The molecule has 16 heavy (non-hydrogen) atoms. The molecule has 0 saturated heterocycles. The topological polar surface area (TPSA) is 52.9 Å². The Morgan fingerprint density at radius 1 is 1.50 bits per heavy atom. The molecule has 1 N–H and O–H groups in total. The van der Waals surface area contributed by atoms with Gasteiger partial charge in [-0.3, -0.25) is 4.79 Å². The number of amides is 1. The van der Waals surface area contributed by atoms with E-state index in [1.807, 2.05) is 13.8 Å². The van der Waals surface area contributed by atoms with Crippen LogP contribution in [0, 0.1) is 17.2 Å². The SMILES string of the molecule is CCC[C@@H](C)C(=O)Nc1ccccc1C#N. The minimum Gasteiger partial charge on any atom is -0.325 e. The quantitative estimate of drug-likeness (QED) is 0.841. The second kappa shape index (κ2) is 5.92. The van der Waals surface area contributed by atoms with E-state index < -0.39 is 0 Å². The Morgan fingerprint density at radius 3 is 2.81 bits per heavy atom. The van der Waals surface area contributed by atoms with Gasteiger partial charge in [-0.1, -0.05) is 32.4 Å². The van der Waals surface area contributed by atoms with E-state index in [4.69, 9.17) is 5.26 Å². The summed E-state index contributed by atoms with van der Waals surface area (Å²) in [6.07, 6.45) is 1.84. The molecule has 1 atom stereocenters. The van der Waals surface area contributed by atoms with E-state index in [-0.39, 0.29) is 11.8 Å². The van der Waals surface area contributed by atoms with Crippen molar-refractivity contribution in [1.29, 1.82) is 5.26 Å². The number of benzene rings is 1. The number of carbonyl (C=O) groups is 1. The third kappa shape index (κ3) is 3.09. The van der Waals surface area contributed by atoms with Crippen molar-refractivity contribution in [2.24, 2.45) is 5.92 Å². The molecule has 84 valence electrons. The molecule has 0 aliphatic rings. The zero-order valence-electron chi connectivity index (χ0n) is 9.66. The fourth-order valence-electron chi connectivity index (χ4n) is 1.51. The summed E-state index contributed by atoms with van der Waals surface area (Å²) in [4.78, 5) is 11.7. The Bertz CT molecular complexity index is 407. The van der Waals surface area contributed by atoms with Gasteiger partial charge in [0.15, 0.2) is 0 Å². The summed E-state index contributed by atoms with van der Waals surface area (Å²) in [6, 6.07) is 9.08. The molecular formula is C13H16N2O. The number of nitriles is 1. The predicted octanol–water partition coefficient (Wildman–Crippen LogP) is 2.93. The molecule has 0 aliphatic heterocycles. The molecule has 0 spiro atoms. The van der Waals surface area contributed by atoms with Crippen molar-refractivity contribution in [3.63, 3.8) is 0 Å². The number of nitrogens with one attached hydrogen (secondary N) is 1. The van der Waals surface area contributed by atoms with Gasteiger partial charge >= 0.3 is 0 Å². The molecule has 0 heterocycles. The van der Waals surface area contributed by atoms with Gasteiger partial charge in [-0.15, -0.1) is 0 Å². The number of carbonyl (C=O) groups excluding carboxylic acids is 1. The van der Waals surface area contributed by atoms with Crippen molar-refractivity contribution in [2.45, 2.75) is 26.7 Å². The lowest BCUT2D eigenvalue weighted by atomic mass is 10.1. The van der Waals surface area contributed by atoms with Crippen LogP contribution in [0.25, 0.3) is 0 Å². The number of para-hydroxylation sites is 1. The molecule has 1 amide bonds. The van der Waals surface area contributed by atoms with Crippen molar-refractivity contribution in [2.75, 3.05) is 5.32 Å². The van der Waals surface area contributed by atoms with Crippen molar-refractivity contribution in [3.8, 4) is 6.07 Å². The van der Waals surface area contributed by atoms with Crippen molar-refractivity contribution >= 4 is 11.6 Å². The average molecular weight is 216 g/mol. The minimum absolute atomic E-state index is 0.0169. The van der Waals surface area contributed by atoms with Gasteiger partial charge in [0, 0.05) is 5.92 Å². The Hall–Kier alpha value is -1.82. The average Bonchev–Trinajstić information content (AvgIpc) is 2.30. The second-order valence-electron chi connectivity index (χ2n) is 3.84. The Labute approximate surface area is 96.1 Å². The largest absolute Gasteiger partial charge is 0.325 e. The molecule has 0 aliphatic carbocycles. The molecule has 0 aromatic heterocycles. The van der Waals surface area contributed by atoms with Crippen molar-refractivity contribution < 1.29 is 4.79 Å². The highest BCUT2D eigenvalue weighted by Crippen LogP contribution is 2.15. The molecule has 1 rings (SSSR count). The van der Waals surface area contributed by atoms with E-state index in [0.717, 1.165) is 12.8 Å². The van der Waals surface area contributed by atoms with Gasteiger partial charge in [0.25, 0.3) is 0 Å². The van der Waals surface area contributed by atoms with Gasteiger partial charge in [-0.25, -0.2) is 0 Å². The number of hydrogen-bond acceptors (Lipinski definition) is 2. The summed E-state index contributed by atoms with van der Waals surface area (Å²) >= 11 is 0. The fraction of sp³-hybridized carbons (Fsp3) is 0.385. The molecule has 0 fully saturated rings. The molecule has 1 aromatic carbocycles. The number of anilines is 1. The van der Waals surface area contributed by atoms with Gasteiger partial charge in [-0.05, 0) is 18.6 Å². The normalized spacial score (nSPS) is 11.6. The molecule has 0 radical (unpaired) electrons. The number of rotatable bonds is 4. The van der Waals surface area contributed by atoms with Gasteiger partial charge in [0.05, 0.1) is 11.3 Å². The monoisotopic (exact) mass is 216 g/mol. The van der Waals surface area contributed by atoms with E-state index in [1.165, 1.54) is 0 Å². The third-order valence-corrected chi connectivity index (χ3v) is 2.47. The Morgan fingerprint density at radius 2 is 2.19 bits per heavy atom. The fourth-order valence-corrected chi connectivity index (χ4v) is 1.51.